The minimum atomic E-state index is -0.184. The molecule has 2 heterocycles. The molecule has 0 bridgehead atoms. The molecule has 1 aliphatic heterocycles. The molecule has 40 heavy (non-hydrogen) atoms. The number of ether oxygens (including phenoxy) is 1. The van der Waals surface area contributed by atoms with E-state index in [4.69, 9.17) is 9.84 Å². The maximum atomic E-state index is 6.26. The number of para-hydroxylation sites is 2. The van der Waals surface area contributed by atoms with Gasteiger partial charge in [-0.15, -0.1) is 42.1 Å². The van der Waals surface area contributed by atoms with Crippen LogP contribution in [-0.4, -0.2) is 16.8 Å². The summed E-state index contributed by atoms with van der Waals surface area (Å²) in [7, 11) is 2.05. The van der Waals surface area contributed by atoms with Crippen LogP contribution in [0.2, 0.25) is 0 Å². The van der Waals surface area contributed by atoms with Crippen LogP contribution in [0.1, 0.15) is 36.4 Å². The summed E-state index contributed by atoms with van der Waals surface area (Å²) in [5.74, 6) is 1.24. The van der Waals surface area contributed by atoms with Gasteiger partial charge in [-0.05, 0) is 44.3 Å². The van der Waals surface area contributed by atoms with Crippen molar-refractivity contribution in [1.29, 1.82) is 0 Å². The van der Waals surface area contributed by atoms with Crippen LogP contribution in [0.4, 0.5) is 17.1 Å². The Kier molecular flexibility index (Phi) is 7.61. The summed E-state index contributed by atoms with van der Waals surface area (Å²) in [5.41, 5.74) is 8.41. The van der Waals surface area contributed by atoms with Gasteiger partial charge in [-0.1, -0.05) is 56.3 Å². The van der Waals surface area contributed by atoms with Crippen molar-refractivity contribution in [3.8, 4) is 17.2 Å². The number of hydrogen-bond donors (Lipinski definition) is 0. The van der Waals surface area contributed by atoms with Crippen LogP contribution >= 0.6 is 0 Å². The minimum absolute atomic E-state index is 0. The van der Waals surface area contributed by atoms with Crippen molar-refractivity contribution in [2.75, 3.05) is 16.8 Å². The average Bonchev–Trinajstić information content (AvgIpc) is 3.45. The molecule has 1 aromatic heterocycles. The zero-order valence-electron chi connectivity index (χ0n) is 23.3. The number of nitrogens with zero attached hydrogens (tertiary/aromatic N) is 4. The largest absolute Gasteiger partial charge is 0.509 e. The van der Waals surface area contributed by atoms with Gasteiger partial charge < -0.3 is 14.5 Å². The molecule has 1 aliphatic rings. The second-order valence-electron chi connectivity index (χ2n) is 10.4. The quantitative estimate of drug-likeness (QED) is 0.168. The Hall–Kier alpha value is -3.82. The zero-order valence-corrected chi connectivity index (χ0v) is 25.5. The Morgan fingerprint density at radius 3 is 2.05 bits per heavy atom. The molecule has 5 nitrogen and oxygen atoms in total. The molecule has 0 unspecified atom stereocenters. The standard InChI is InChI=1S/C34H31N4O.Pt/c1-24-33(34(3,4)26-13-7-6-8-14-26)25(2)38(35-24)28-16-12-18-30(22-28)39-29-17-11-15-27(21-29)37-23-36(5)31-19-9-10-20-32(31)37;/h6-20,23H,1-5H3;/q-3;. The predicted molar refractivity (Wildman–Crippen MR) is 157 cm³/mol. The molecule has 0 saturated heterocycles. The first-order chi connectivity index (χ1) is 18.8. The fraction of sp³-hybridized carbons (Fsp3) is 0.176. The SMILES string of the molecule is Cc1nn(-c2[c-]c(Oc3[c-]c(N4[CH-]N(C)c5ccccc54)ccc3)ccc2)c(C)c1C(C)(C)c1ccccc1.[Pt]. The Bertz CT molecular complexity index is 1640. The van der Waals surface area contributed by atoms with E-state index in [1.165, 1.54) is 11.1 Å². The van der Waals surface area contributed by atoms with E-state index < -0.39 is 0 Å². The van der Waals surface area contributed by atoms with E-state index >= 15 is 0 Å². The maximum absolute atomic E-state index is 6.26. The number of rotatable bonds is 6. The molecule has 0 spiro atoms. The topological polar surface area (TPSA) is 33.5 Å². The first-order valence-corrected chi connectivity index (χ1v) is 13.1. The van der Waals surface area contributed by atoms with Crippen molar-refractivity contribution in [1.82, 2.24) is 9.78 Å². The van der Waals surface area contributed by atoms with E-state index in [-0.39, 0.29) is 26.5 Å². The van der Waals surface area contributed by atoms with Crippen LogP contribution in [0.3, 0.4) is 0 Å². The molecular weight excluding hydrogens is 675 g/mol. The van der Waals surface area contributed by atoms with E-state index in [0.29, 0.717) is 11.5 Å². The van der Waals surface area contributed by atoms with Crippen LogP contribution in [-0.2, 0) is 26.5 Å². The Balaban J connectivity index is 0.00000323. The fourth-order valence-electron chi connectivity index (χ4n) is 5.61. The first kappa shape index (κ1) is 27.7. The van der Waals surface area contributed by atoms with Crippen LogP contribution in [0.5, 0.6) is 11.5 Å². The number of aromatic nitrogens is 2. The van der Waals surface area contributed by atoms with E-state index in [2.05, 4.69) is 98.8 Å². The maximum Gasteiger partial charge on any atom is 0.0640 e. The Morgan fingerprint density at radius 1 is 0.750 bits per heavy atom. The van der Waals surface area contributed by atoms with Gasteiger partial charge in [0.15, 0.2) is 0 Å². The van der Waals surface area contributed by atoms with Crippen LogP contribution < -0.4 is 14.5 Å². The Labute approximate surface area is 251 Å². The van der Waals surface area contributed by atoms with Gasteiger partial charge in [0.25, 0.3) is 0 Å². The molecule has 206 valence electrons. The fourth-order valence-corrected chi connectivity index (χ4v) is 5.61. The molecule has 0 amide bonds. The molecule has 0 N–H and O–H groups in total. The van der Waals surface area contributed by atoms with E-state index in [1.807, 2.05) is 60.3 Å². The number of anilines is 3. The molecule has 0 fully saturated rings. The van der Waals surface area contributed by atoms with Crippen LogP contribution in [0.25, 0.3) is 5.69 Å². The zero-order chi connectivity index (χ0) is 27.1. The summed E-state index contributed by atoms with van der Waals surface area (Å²) in [5, 5.41) is 4.92. The number of hydrogen-bond acceptors (Lipinski definition) is 4. The van der Waals surface area contributed by atoms with E-state index in [9.17, 15) is 0 Å². The number of fused-ring (bicyclic) bond motifs is 1. The van der Waals surface area contributed by atoms with Gasteiger partial charge in [-0.25, -0.2) is 0 Å². The summed E-state index contributed by atoms with van der Waals surface area (Å²) in [6.45, 7) is 10.8. The second-order valence-corrected chi connectivity index (χ2v) is 10.4. The van der Waals surface area contributed by atoms with Crippen molar-refractivity contribution in [2.45, 2.75) is 33.1 Å². The third-order valence-electron chi connectivity index (χ3n) is 7.44. The second kappa shape index (κ2) is 11.0. The van der Waals surface area contributed by atoms with Crippen molar-refractivity contribution in [3.05, 3.63) is 132 Å². The van der Waals surface area contributed by atoms with Crippen LogP contribution in [0, 0.1) is 32.6 Å². The van der Waals surface area contributed by atoms with Gasteiger partial charge in [-0.3, -0.25) is 4.68 Å². The third kappa shape index (κ3) is 4.95. The van der Waals surface area contributed by atoms with Crippen molar-refractivity contribution in [2.24, 2.45) is 0 Å². The van der Waals surface area contributed by atoms with Crippen molar-refractivity contribution >= 4 is 17.1 Å². The summed E-state index contributed by atoms with van der Waals surface area (Å²) >= 11 is 0. The van der Waals surface area contributed by atoms with Crippen LogP contribution in [0.15, 0.2) is 91.0 Å². The predicted octanol–water partition coefficient (Wildman–Crippen LogP) is 7.91. The number of aryl methyl sites for hydroxylation is 1. The molecule has 6 heteroatoms. The number of benzene rings is 4. The summed E-state index contributed by atoms with van der Waals surface area (Å²) in [6.07, 6.45) is 0. The molecule has 0 radical (unpaired) electrons. The molecule has 4 aromatic carbocycles. The van der Waals surface area contributed by atoms with Gasteiger partial charge in [0.05, 0.1) is 5.69 Å². The molecule has 0 saturated carbocycles. The van der Waals surface area contributed by atoms with Gasteiger partial charge in [0, 0.05) is 60.6 Å². The summed E-state index contributed by atoms with van der Waals surface area (Å²) < 4.78 is 8.23. The van der Waals surface area contributed by atoms with Gasteiger partial charge in [0.2, 0.25) is 0 Å². The normalized spacial score (nSPS) is 12.7. The van der Waals surface area contributed by atoms with Gasteiger partial charge in [-0.2, -0.15) is 23.9 Å². The van der Waals surface area contributed by atoms with Gasteiger partial charge in [0.1, 0.15) is 0 Å². The molecular formula is C34H31N4OPt-3. The molecule has 5 aromatic rings. The first-order valence-electron chi connectivity index (χ1n) is 13.1. The van der Waals surface area contributed by atoms with E-state index in [0.717, 1.165) is 34.1 Å². The van der Waals surface area contributed by atoms with Gasteiger partial charge >= 0.3 is 0 Å². The smallest absolute Gasteiger partial charge is 0.0640 e. The monoisotopic (exact) mass is 706 g/mol. The third-order valence-corrected chi connectivity index (χ3v) is 7.44. The molecule has 6 rings (SSSR count). The average molecular weight is 707 g/mol. The summed E-state index contributed by atoms with van der Waals surface area (Å²) in [6, 6.07) is 37.6. The summed E-state index contributed by atoms with van der Waals surface area (Å²) in [4.78, 5) is 4.23. The molecule has 0 aliphatic carbocycles. The molecule has 0 atom stereocenters. The van der Waals surface area contributed by atoms with Crippen molar-refractivity contribution < 1.29 is 25.8 Å². The van der Waals surface area contributed by atoms with Crippen molar-refractivity contribution in [3.63, 3.8) is 0 Å². The minimum Gasteiger partial charge on any atom is -0.509 e. The Morgan fingerprint density at radius 2 is 1.35 bits per heavy atom. The van der Waals surface area contributed by atoms with E-state index in [1.54, 1.807) is 0 Å².